The molecule has 2 rings (SSSR count). The average Bonchev–Trinajstić information content (AvgIpc) is 2.53. The highest BCUT2D eigenvalue weighted by atomic mass is 16.5. The topological polar surface area (TPSA) is 101 Å². The third-order valence-corrected chi connectivity index (χ3v) is 4.16. The lowest BCUT2D eigenvalue weighted by Gasteiger charge is -2.28. The summed E-state index contributed by atoms with van der Waals surface area (Å²) in [6.07, 6.45) is 4.99. The van der Waals surface area contributed by atoms with Gasteiger partial charge in [0.05, 0.1) is 12.5 Å². The number of rotatable bonds is 6. The van der Waals surface area contributed by atoms with Crippen LogP contribution in [-0.2, 0) is 9.53 Å². The molecule has 1 saturated carbocycles. The Morgan fingerprint density at radius 1 is 1.39 bits per heavy atom. The number of carboxylic acids is 1. The lowest BCUT2D eigenvalue weighted by atomic mass is 9.79. The van der Waals surface area contributed by atoms with E-state index >= 15 is 0 Å². The molecule has 0 spiro atoms. The molecule has 23 heavy (non-hydrogen) atoms. The summed E-state index contributed by atoms with van der Waals surface area (Å²) in [6, 6.07) is 0. The van der Waals surface area contributed by atoms with Gasteiger partial charge in [-0.2, -0.15) is 0 Å². The van der Waals surface area contributed by atoms with Gasteiger partial charge >= 0.3 is 11.9 Å². The van der Waals surface area contributed by atoms with E-state index in [1.807, 2.05) is 0 Å². The third kappa shape index (κ3) is 4.40. The minimum atomic E-state index is -0.749. The molecule has 1 aromatic rings. The van der Waals surface area contributed by atoms with Gasteiger partial charge in [0, 0.05) is 12.7 Å². The maximum absolute atomic E-state index is 12.0. The summed E-state index contributed by atoms with van der Waals surface area (Å²) >= 11 is 0. The highest BCUT2D eigenvalue weighted by Gasteiger charge is 2.30. The number of anilines is 1. The average molecular weight is 321 g/mol. The Kier molecular flexibility index (Phi) is 5.90. The lowest BCUT2D eigenvalue weighted by molar-refractivity contribution is -0.144. The van der Waals surface area contributed by atoms with Crippen molar-refractivity contribution in [3.05, 3.63) is 17.6 Å². The van der Waals surface area contributed by atoms with Gasteiger partial charge < -0.3 is 15.2 Å². The summed E-state index contributed by atoms with van der Waals surface area (Å²) in [7, 11) is 0. The van der Waals surface area contributed by atoms with E-state index in [-0.39, 0.29) is 24.0 Å². The van der Waals surface area contributed by atoms with Crippen molar-refractivity contribution in [1.29, 1.82) is 0 Å². The molecule has 0 amide bonds. The standard InChI is InChI=1S/C16H23N3O4/c1-3-23-16(22)13-9-17-10(2)19-14(13)18-8-11-6-4-5-7-12(11)15(20)21/h9,11-12H,3-8H2,1-2H3,(H,20,21)(H,17,18,19)/t11-,12-/m0/s1. The van der Waals surface area contributed by atoms with Crippen LogP contribution in [0.3, 0.4) is 0 Å². The van der Waals surface area contributed by atoms with Crippen LogP contribution < -0.4 is 5.32 Å². The van der Waals surface area contributed by atoms with Gasteiger partial charge in [0.15, 0.2) is 0 Å². The van der Waals surface area contributed by atoms with Gasteiger partial charge in [-0.05, 0) is 32.6 Å². The number of hydrogen-bond donors (Lipinski definition) is 2. The van der Waals surface area contributed by atoms with Crippen LogP contribution in [0.4, 0.5) is 5.82 Å². The van der Waals surface area contributed by atoms with E-state index in [2.05, 4.69) is 15.3 Å². The maximum atomic E-state index is 12.0. The van der Waals surface area contributed by atoms with Crippen molar-refractivity contribution in [2.45, 2.75) is 39.5 Å². The van der Waals surface area contributed by atoms with Crippen molar-refractivity contribution in [3.63, 3.8) is 0 Å². The molecule has 1 aliphatic rings. The number of carboxylic acid groups (broad SMARTS) is 1. The summed E-state index contributed by atoms with van der Waals surface area (Å²) in [5.74, 6) is -0.587. The Morgan fingerprint density at radius 3 is 2.83 bits per heavy atom. The fourth-order valence-electron chi connectivity index (χ4n) is 2.97. The summed E-state index contributed by atoms with van der Waals surface area (Å²) in [6.45, 7) is 4.22. The van der Waals surface area contributed by atoms with E-state index in [9.17, 15) is 14.7 Å². The zero-order valence-electron chi connectivity index (χ0n) is 13.5. The largest absolute Gasteiger partial charge is 0.481 e. The molecule has 0 radical (unpaired) electrons. The minimum absolute atomic E-state index is 0.0339. The molecule has 1 aromatic heterocycles. The molecule has 2 atom stereocenters. The minimum Gasteiger partial charge on any atom is -0.481 e. The molecule has 0 unspecified atom stereocenters. The monoisotopic (exact) mass is 321 g/mol. The summed E-state index contributed by atoms with van der Waals surface area (Å²) < 4.78 is 5.01. The first kappa shape index (κ1) is 17.2. The van der Waals surface area contributed by atoms with Gasteiger partial charge in [0.25, 0.3) is 0 Å². The number of nitrogens with zero attached hydrogens (tertiary/aromatic N) is 2. The number of aromatic nitrogens is 2. The van der Waals surface area contributed by atoms with Crippen LogP contribution in [0.25, 0.3) is 0 Å². The number of carbonyl (C=O) groups is 2. The van der Waals surface area contributed by atoms with E-state index in [1.165, 1.54) is 6.20 Å². The van der Waals surface area contributed by atoms with Crippen molar-refractivity contribution >= 4 is 17.8 Å². The zero-order chi connectivity index (χ0) is 16.8. The highest BCUT2D eigenvalue weighted by molar-refractivity contribution is 5.94. The normalized spacial score (nSPS) is 20.8. The Morgan fingerprint density at radius 2 is 2.13 bits per heavy atom. The molecule has 2 N–H and O–H groups in total. The fraction of sp³-hybridized carbons (Fsp3) is 0.625. The number of aryl methyl sites for hydroxylation is 1. The summed E-state index contributed by atoms with van der Waals surface area (Å²) in [5.41, 5.74) is 0.278. The second-order valence-electron chi connectivity index (χ2n) is 5.77. The van der Waals surface area contributed by atoms with Crippen LogP contribution >= 0.6 is 0 Å². The molecule has 0 saturated heterocycles. The molecular formula is C16H23N3O4. The van der Waals surface area contributed by atoms with Crippen LogP contribution in [0.5, 0.6) is 0 Å². The molecule has 1 aliphatic carbocycles. The second-order valence-corrected chi connectivity index (χ2v) is 5.77. The van der Waals surface area contributed by atoms with Gasteiger partial charge in [0.1, 0.15) is 17.2 Å². The Labute approximate surface area is 135 Å². The van der Waals surface area contributed by atoms with Crippen LogP contribution in [0.15, 0.2) is 6.20 Å². The smallest absolute Gasteiger partial charge is 0.343 e. The van der Waals surface area contributed by atoms with Crippen LogP contribution in [-0.4, -0.2) is 40.2 Å². The SMILES string of the molecule is CCOC(=O)c1cnc(C)nc1NC[C@@H]1CCCC[C@@H]1C(=O)O. The Bertz CT molecular complexity index is 576. The zero-order valence-corrected chi connectivity index (χ0v) is 13.5. The lowest BCUT2D eigenvalue weighted by Crippen LogP contribution is -2.32. The highest BCUT2D eigenvalue weighted by Crippen LogP contribution is 2.30. The van der Waals surface area contributed by atoms with E-state index < -0.39 is 11.9 Å². The summed E-state index contributed by atoms with van der Waals surface area (Å²) in [4.78, 5) is 31.6. The number of aliphatic carboxylic acids is 1. The van der Waals surface area contributed by atoms with Crippen LogP contribution in [0.2, 0.25) is 0 Å². The summed E-state index contributed by atoms with van der Waals surface area (Å²) in [5, 5.41) is 12.5. The number of esters is 1. The van der Waals surface area contributed by atoms with E-state index in [4.69, 9.17) is 4.74 Å². The van der Waals surface area contributed by atoms with Gasteiger partial charge in [-0.3, -0.25) is 4.79 Å². The van der Waals surface area contributed by atoms with Crippen LogP contribution in [0, 0.1) is 18.8 Å². The molecule has 126 valence electrons. The van der Waals surface area contributed by atoms with Gasteiger partial charge in [-0.15, -0.1) is 0 Å². The number of carbonyl (C=O) groups excluding carboxylic acids is 1. The fourth-order valence-corrected chi connectivity index (χ4v) is 2.97. The maximum Gasteiger partial charge on any atom is 0.343 e. The molecule has 7 heteroatoms. The van der Waals surface area contributed by atoms with Crippen molar-refractivity contribution in [2.24, 2.45) is 11.8 Å². The van der Waals surface area contributed by atoms with E-state index in [0.717, 1.165) is 19.3 Å². The van der Waals surface area contributed by atoms with Gasteiger partial charge in [-0.25, -0.2) is 14.8 Å². The predicted molar refractivity (Wildman–Crippen MR) is 84.3 cm³/mol. The van der Waals surface area contributed by atoms with Gasteiger partial charge in [0.2, 0.25) is 0 Å². The van der Waals surface area contributed by atoms with Crippen molar-refractivity contribution in [2.75, 3.05) is 18.5 Å². The number of ether oxygens (including phenoxy) is 1. The van der Waals surface area contributed by atoms with Crippen molar-refractivity contribution in [1.82, 2.24) is 9.97 Å². The molecule has 7 nitrogen and oxygen atoms in total. The number of hydrogen-bond acceptors (Lipinski definition) is 6. The van der Waals surface area contributed by atoms with E-state index in [1.54, 1.807) is 13.8 Å². The molecule has 0 bridgehead atoms. The van der Waals surface area contributed by atoms with Crippen LogP contribution in [0.1, 0.15) is 48.8 Å². The number of nitrogens with one attached hydrogen (secondary N) is 1. The van der Waals surface area contributed by atoms with Gasteiger partial charge in [-0.1, -0.05) is 12.8 Å². The third-order valence-electron chi connectivity index (χ3n) is 4.16. The predicted octanol–water partition coefficient (Wildman–Crippen LogP) is 2.26. The molecular weight excluding hydrogens is 298 g/mol. The van der Waals surface area contributed by atoms with E-state index in [0.29, 0.717) is 24.6 Å². The van der Waals surface area contributed by atoms with Crippen molar-refractivity contribution < 1.29 is 19.4 Å². The molecule has 1 heterocycles. The van der Waals surface area contributed by atoms with Crippen molar-refractivity contribution in [3.8, 4) is 0 Å². The molecule has 0 aromatic carbocycles. The second kappa shape index (κ2) is 7.89. The quantitative estimate of drug-likeness (QED) is 0.775. The first-order chi connectivity index (χ1) is 11.0. The Hall–Kier alpha value is -2.18. The Balaban J connectivity index is 2.11. The first-order valence-electron chi connectivity index (χ1n) is 8.00. The molecule has 1 fully saturated rings. The molecule has 0 aliphatic heterocycles. The first-order valence-corrected chi connectivity index (χ1v) is 8.00.